The molecular formula is C20H24N4O4. The number of benzene rings is 1. The predicted octanol–water partition coefficient (Wildman–Crippen LogP) is 2.49. The van der Waals surface area contributed by atoms with Crippen molar-refractivity contribution < 1.29 is 19.4 Å². The first-order chi connectivity index (χ1) is 13.6. The third-order valence-corrected chi connectivity index (χ3v) is 5.59. The summed E-state index contributed by atoms with van der Waals surface area (Å²) >= 11 is 0. The van der Waals surface area contributed by atoms with E-state index in [1.807, 2.05) is 23.1 Å². The molecule has 0 bridgehead atoms. The Morgan fingerprint density at radius 1 is 1.21 bits per heavy atom. The largest absolute Gasteiger partial charge is 0.492 e. The highest BCUT2D eigenvalue weighted by atomic mass is 16.5. The molecule has 0 atom stereocenters. The molecule has 0 aliphatic carbocycles. The van der Waals surface area contributed by atoms with E-state index in [4.69, 9.17) is 9.84 Å². The quantitative estimate of drug-likeness (QED) is 0.851. The monoisotopic (exact) mass is 384 g/mol. The van der Waals surface area contributed by atoms with Crippen LogP contribution < -0.4 is 4.74 Å². The van der Waals surface area contributed by atoms with E-state index in [1.54, 1.807) is 6.33 Å². The van der Waals surface area contributed by atoms with Crippen molar-refractivity contribution in [2.75, 3.05) is 32.8 Å². The van der Waals surface area contributed by atoms with Crippen molar-refractivity contribution in [3.05, 3.63) is 30.2 Å². The maximum absolute atomic E-state index is 11.7. The summed E-state index contributed by atoms with van der Waals surface area (Å²) in [6, 6.07) is 5.79. The smallest absolute Gasteiger partial charge is 0.407 e. The zero-order chi connectivity index (χ0) is 19.5. The lowest BCUT2D eigenvalue weighted by Gasteiger charge is -2.30. The van der Waals surface area contributed by atoms with Gasteiger partial charge in [0.2, 0.25) is 5.91 Å². The topological polar surface area (TPSA) is 95.9 Å². The van der Waals surface area contributed by atoms with Gasteiger partial charge in [0.05, 0.1) is 17.8 Å². The maximum Gasteiger partial charge on any atom is 0.407 e. The normalized spacial score (nSPS) is 18.1. The first-order valence-electron chi connectivity index (χ1n) is 9.75. The Balaban J connectivity index is 1.43. The van der Waals surface area contributed by atoms with Gasteiger partial charge in [0.25, 0.3) is 0 Å². The second-order valence-corrected chi connectivity index (χ2v) is 7.31. The second kappa shape index (κ2) is 8.00. The van der Waals surface area contributed by atoms with Crippen molar-refractivity contribution in [1.29, 1.82) is 0 Å². The second-order valence-electron chi connectivity index (χ2n) is 7.31. The van der Waals surface area contributed by atoms with Gasteiger partial charge in [0.15, 0.2) is 0 Å². The Morgan fingerprint density at radius 2 is 2.04 bits per heavy atom. The Kier molecular flexibility index (Phi) is 5.27. The van der Waals surface area contributed by atoms with Crippen LogP contribution in [0.3, 0.4) is 0 Å². The highest BCUT2D eigenvalue weighted by Gasteiger charge is 2.25. The molecule has 2 amide bonds. The molecule has 0 unspecified atom stereocenters. The van der Waals surface area contributed by atoms with Gasteiger partial charge in [-0.15, -0.1) is 0 Å². The van der Waals surface area contributed by atoms with Crippen LogP contribution in [-0.4, -0.2) is 69.7 Å². The highest BCUT2D eigenvalue weighted by molar-refractivity contribution is 5.82. The van der Waals surface area contributed by atoms with E-state index in [-0.39, 0.29) is 11.8 Å². The van der Waals surface area contributed by atoms with Crippen molar-refractivity contribution in [1.82, 2.24) is 19.8 Å². The summed E-state index contributed by atoms with van der Waals surface area (Å²) in [5.41, 5.74) is 1.80. The first-order valence-corrected chi connectivity index (χ1v) is 9.75. The molecule has 2 aliphatic heterocycles. The average molecular weight is 384 g/mol. The number of hydrogen-bond acceptors (Lipinski definition) is 5. The number of likely N-dealkylation sites (tertiary alicyclic amines) is 2. The molecule has 8 heteroatoms. The van der Waals surface area contributed by atoms with Crippen LogP contribution in [0, 0.1) is 0 Å². The minimum absolute atomic E-state index is 0.202. The van der Waals surface area contributed by atoms with Crippen LogP contribution in [0.1, 0.15) is 37.3 Å². The van der Waals surface area contributed by atoms with E-state index < -0.39 is 6.09 Å². The maximum atomic E-state index is 11.7. The SMILES string of the molecule is O=C(O)N1CCC(c2ncnc3cc(OCCN4CCCC4=O)ccc23)CC1. The number of ether oxygens (including phenoxy) is 1. The van der Waals surface area contributed by atoms with E-state index in [0.29, 0.717) is 32.7 Å². The standard InChI is InChI=1S/C20H24N4O4/c25-18-2-1-7-23(18)10-11-28-15-3-4-16-17(12-15)21-13-22-19(16)14-5-8-24(9-6-14)20(26)27/h3-4,12-14H,1-2,5-11H2,(H,26,27). The Hall–Kier alpha value is -2.90. The van der Waals surface area contributed by atoms with Gasteiger partial charge in [-0.3, -0.25) is 4.79 Å². The van der Waals surface area contributed by atoms with Gasteiger partial charge in [-0.2, -0.15) is 0 Å². The Bertz CT molecular complexity index is 880. The van der Waals surface area contributed by atoms with Gasteiger partial charge in [-0.1, -0.05) is 0 Å². The van der Waals surface area contributed by atoms with E-state index >= 15 is 0 Å². The zero-order valence-electron chi connectivity index (χ0n) is 15.7. The number of hydrogen-bond donors (Lipinski definition) is 1. The van der Waals surface area contributed by atoms with Crippen LogP contribution in [-0.2, 0) is 4.79 Å². The third kappa shape index (κ3) is 3.85. The molecule has 1 aromatic heterocycles. The number of carbonyl (C=O) groups is 2. The molecule has 2 aliphatic rings. The van der Waals surface area contributed by atoms with Gasteiger partial charge in [-0.25, -0.2) is 14.8 Å². The van der Waals surface area contributed by atoms with Crippen molar-refractivity contribution in [2.45, 2.75) is 31.6 Å². The predicted molar refractivity (Wildman–Crippen MR) is 102 cm³/mol. The van der Waals surface area contributed by atoms with Gasteiger partial charge in [0, 0.05) is 43.4 Å². The number of amides is 2. The molecule has 2 saturated heterocycles. The van der Waals surface area contributed by atoms with Gasteiger partial charge in [-0.05, 0) is 31.4 Å². The molecule has 0 radical (unpaired) electrons. The van der Waals surface area contributed by atoms with Crippen molar-refractivity contribution >= 4 is 22.9 Å². The van der Waals surface area contributed by atoms with Crippen LogP contribution in [0.2, 0.25) is 0 Å². The fraction of sp³-hybridized carbons (Fsp3) is 0.500. The number of nitrogens with zero attached hydrogens (tertiary/aromatic N) is 4. The minimum Gasteiger partial charge on any atom is -0.492 e. The zero-order valence-corrected chi connectivity index (χ0v) is 15.7. The number of piperidine rings is 1. The fourth-order valence-corrected chi connectivity index (χ4v) is 4.03. The molecule has 0 saturated carbocycles. The van der Waals surface area contributed by atoms with Gasteiger partial charge < -0.3 is 19.6 Å². The molecule has 1 aromatic carbocycles. The van der Waals surface area contributed by atoms with E-state index in [1.165, 1.54) is 4.90 Å². The van der Waals surface area contributed by atoms with E-state index in [2.05, 4.69) is 9.97 Å². The molecule has 2 fully saturated rings. The Morgan fingerprint density at radius 3 is 2.75 bits per heavy atom. The molecule has 3 heterocycles. The number of carbonyl (C=O) groups excluding carboxylic acids is 1. The fourth-order valence-electron chi connectivity index (χ4n) is 4.03. The number of carboxylic acid groups (broad SMARTS) is 1. The molecule has 4 rings (SSSR count). The van der Waals surface area contributed by atoms with Crippen molar-refractivity contribution in [3.8, 4) is 5.75 Å². The van der Waals surface area contributed by atoms with Crippen LogP contribution in [0.15, 0.2) is 24.5 Å². The summed E-state index contributed by atoms with van der Waals surface area (Å²) in [6.07, 6.45) is 3.80. The summed E-state index contributed by atoms with van der Waals surface area (Å²) in [5.74, 6) is 1.16. The van der Waals surface area contributed by atoms with Crippen LogP contribution in [0.5, 0.6) is 5.75 Å². The minimum atomic E-state index is -0.858. The lowest BCUT2D eigenvalue weighted by molar-refractivity contribution is -0.128. The molecule has 148 valence electrons. The molecular weight excluding hydrogens is 360 g/mol. The number of fused-ring (bicyclic) bond motifs is 1. The summed E-state index contributed by atoms with van der Waals surface area (Å²) in [7, 11) is 0. The summed E-state index contributed by atoms with van der Waals surface area (Å²) in [6.45, 7) is 2.94. The molecule has 8 nitrogen and oxygen atoms in total. The first kappa shape index (κ1) is 18.5. The van der Waals surface area contributed by atoms with Gasteiger partial charge in [0.1, 0.15) is 18.7 Å². The Labute approximate surface area is 163 Å². The van der Waals surface area contributed by atoms with Crippen LogP contribution in [0.4, 0.5) is 4.79 Å². The van der Waals surface area contributed by atoms with E-state index in [0.717, 1.165) is 48.2 Å². The van der Waals surface area contributed by atoms with Crippen molar-refractivity contribution in [2.24, 2.45) is 0 Å². The summed E-state index contributed by atoms with van der Waals surface area (Å²) in [4.78, 5) is 34.9. The highest BCUT2D eigenvalue weighted by Crippen LogP contribution is 2.32. The lowest BCUT2D eigenvalue weighted by Crippen LogP contribution is -2.37. The molecule has 0 spiro atoms. The average Bonchev–Trinajstić information content (AvgIpc) is 3.12. The van der Waals surface area contributed by atoms with Crippen molar-refractivity contribution in [3.63, 3.8) is 0 Å². The van der Waals surface area contributed by atoms with Gasteiger partial charge >= 0.3 is 6.09 Å². The van der Waals surface area contributed by atoms with Crippen LogP contribution in [0.25, 0.3) is 10.9 Å². The molecule has 1 N–H and O–H groups in total. The van der Waals surface area contributed by atoms with E-state index in [9.17, 15) is 9.59 Å². The molecule has 28 heavy (non-hydrogen) atoms. The number of rotatable bonds is 5. The third-order valence-electron chi connectivity index (χ3n) is 5.59. The lowest BCUT2D eigenvalue weighted by atomic mass is 9.91. The number of aromatic nitrogens is 2. The van der Waals surface area contributed by atoms with Crippen LogP contribution >= 0.6 is 0 Å². The molecule has 2 aromatic rings. The summed E-state index contributed by atoms with van der Waals surface area (Å²) in [5, 5.41) is 10.1. The summed E-state index contributed by atoms with van der Waals surface area (Å²) < 4.78 is 5.82.